The van der Waals surface area contributed by atoms with Crippen LogP contribution in [0.3, 0.4) is 0 Å². The van der Waals surface area contributed by atoms with Gasteiger partial charge in [-0.3, -0.25) is 0 Å². The summed E-state index contributed by atoms with van der Waals surface area (Å²) in [7, 11) is -7.25. The third-order valence-electron chi connectivity index (χ3n) is 3.75. The summed E-state index contributed by atoms with van der Waals surface area (Å²) in [6, 6.07) is 7.31. The second kappa shape index (κ2) is 7.35. The minimum atomic E-state index is -3.87. The fourth-order valence-corrected chi connectivity index (χ4v) is 3.96. The number of aromatic nitrogens is 2. The van der Waals surface area contributed by atoms with E-state index < -0.39 is 20.0 Å². The first kappa shape index (κ1) is 19.4. The minimum absolute atomic E-state index is 0.0674. The molecular formula is C16H17FN4O4S2. The van der Waals surface area contributed by atoms with E-state index >= 15 is 0 Å². The van der Waals surface area contributed by atoms with Crippen molar-refractivity contribution in [2.24, 2.45) is 0 Å². The SMILES string of the molecule is CS(=O)(=O)NCCNS(=O)(=O)c1ccc(-c2c[nH]c3cc(F)ccc23)cn1. The predicted octanol–water partition coefficient (Wildman–Crippen LogP) is 1.20. The first-order valence-corrected chi connectivity index (χ1v) is 11.2. The number of aromatic amines is 1. The van der Waals surface area contributed by atoms with Gasteiger partial charge in [0, 0.05) is 47.5 Å². The first-order chi connectivity index (χ1) is 12.7. The molecule has 0 saturated heterocycles. The number of benzene rings is 1. The van der Waals surface area contributed by atoms with Crippen LogP contribution in [0, 0.1) is 5.82 Å². The van der Waals surface area contributed by atoms with Gasteiger partial charge in [-0.15, -0.1) is 0 Å². The lowest BCUT2D eigenvalue weighted by atomic mass is 10.1. The molecule has 0 bridgehead atoms. The molecule has 2 aromatic heterocycles. The lowest BCUT2D eigenvalue weighted by molar-refractivity contribution is 0.571. The van der Waals surface area contributed by atoms with E-state index in [1.165, 1.54) is 24.4 Å². The third kappa shape index (κ3) is 4.69. The molecule has 3 rings (SSSR count). The number of hydrogen-bond acceptors (Lipinski definition) is 5. The van der Waals surface area contributed by atoms with Gasteiger partial charge in [-0.05, 0) is 30.3 Å². The number of sulfonamides is 2. The van der Waals surface area contributed by atoms with Crippen LogP contribution in [0.1, 0.15) is 0 Å². The van der Waals surface area contributed by atoms with Crippen LogP contribution in [-0.4, -0.2) is 46.1 Å². The molecule has 0 saturated carbocycles. The molecule has 8 nitrogen and oxygen atoms in total. The Bertz CT molecular complexity index is 1170. The van der Waals surface area contributed by atoms with Crippen LogP contribution in [0.25, 0.3) is 22.0 Å². The molecule has 11 heteroatoms. The molecule has 1 aromatic carbocycles. The highest BCUT2D eigenvalue weighted by atomic mass is 32.2. The van der Waals surface area contributed by atoms with E-state index in [4.69, 9.17) is 0 Å². The van der Waals surface area contributed by atoms with Gasteiger partial charge in [0.1, 0.15) is 5.82 Å². The fraction of sp³-hybridized carbons (Fsp3) is 0.188. The summed E-state index contributed by atoms with van der Waals surface area (Å²) in [5.41, 5.74) is 2.07. The second-order valence-electron chi connectivity index (χ2n) is 5.84. The van der Waals surface area contributed by atoms with Crippen molar-refractivity contribution in [2.75, 3.05) is 19.3 Å². The summed E-state index contributed by atoms with van der Waals surface area (Å²) in [6.07, 6.45) is 4.10. The first-order valence-electron chi connectivity index (χ1n) is 7.83. The molecule has 0 atom stereocenters. The normalized spacial score (nSPS) is 12.5. The lowest BCUT2D eigenvalue weighted by Crippen LogP contribution is -2.34. The maximum atomic E-state index is 13.3. The molecule has 0 radical (unpaired) electrons. The van der Waals surface area contributed by atoms with Crippen LogP contribution in [0.2, 0.25) is 0 Å². The van der Waals surface area contributed by atoms with Crippen LogP contribution in [-0.2, 0) is 20.0 Å². The van der Waals surface area contributed by atoms with Crippen molar-refractivity contribution >= 4 is 30.9 Å². The van der Waals surface area contributed by atoms with E-state index in [1.54, 1.807) is 18.3 Å². The van der Waals surface area contributed by atoms with Gasteiger partial charge in [0.2, 0.25) is 10.0 Å². The van der Waals surface area contributed by atoms with Crippen LogP contribution in [0.15, 0.2) is 47.8 Å². The molecule has 0 aliphatic carbocycles. The smallest absolute Gasteiger partial charge is 0.258 e. The largest absolute Gasteiger partial charge is 0.360 e. The zero-order valence-electron chi connectivity index (χ0n) is 14.2. The maximum absolute atomic E-state index is 13.3. The zero-order chi connectivity index (χ0) is 19.7. The van der Waals surface area contributed by atoms with Crippen molar-refractivity contribution in [3.05, 3.63) is 48.5 Å². The molecule has 0 spiro atoms. The number of H-pyrrole nitrogens is 1. The van der Waals surface area contributed by atoms with Crippen LogP contribution in [0.5, 0.6) is 0 Å². The highest BCUT2D eigenvalue weighted by Crippen LogP contribution is 2.28. The Balaban J connectivity index is 1.76. The van der Waals surface area contributed by atoms with Crippen molar-refractivity contribution < 1.29 is 21.2 Å². The molecule has 0 fully saturated rings. The monoisotopic (exact) mass is 412 g/mol. The van der Waals surface area contributed by atoms with E-state index in [2.05, 4.69) is 19.4 Å². The van der Waals surface area contributed by atoms with Crippen molar-refractivity contribution in [3.63, 3.8) is 0 Å². The molecule has 144 valence electrons. The van der Waals surface area contributed by atoms with Gasteiger partial charge >= 0.3 is 0 Å². The van der Waals surface area contributed by atoms with E-state index in [1.807, 2.05) is 0 Å². The Labute approximate surface area is 155 Å². The number of hydrogen-bond donors (Lipinski definition) is 3. The van der Waals surface area contributed by atoms with Gasteiger partial charge in [-0.1, -0.05) is 0 Å². The third-order valence-corrected chi connectivity index (χ3v) is 5.85. The van der Waals surface area contributed by atoms with Gasteiger partial charge in [0.25, 0.3) is 10.0 Å². The second-order valence-corrected chi connectivity index (χ2v) is 9.39. The lowest BCUT2D eigenvalue weighted by Gasteiger charge is -2.07. The average molecular weight is 412 g/mol. The van der Waals surface area contributed by atoms with Crippen molar-refractivity contribution in [3.8, 4) is 11.1 Å². The van der Waals surface area contributed by atoms with Crippen LogP contribution < -0.4 is 9.44 Å². The Morgan fingerprint density at radius 2 is 1.81 bits per heavy atom. The van der Waals surface area contributed by atoms with E-state index in [9.17, 15) is 21.2 Å². The Morgan fingerprint density at radius 1 is 1.07 bits per heavy atom. The number of halogens is 1. The molecule has 2 heterocycles. The van der Waals surface area contributed by atoms with Crippen LogP contribution in [0.4, 0.5) is 4.39 Å². The highest BCUT2D eigenvalue weighted by Gasteiger charge is 2.16. The van der Waals surface area contributed by atoms with Gasteiger partial charge in [-0.2, -0.15) is 0 Å². The number of nitrogens with zero attached hydrogens (tertiary/aromatic N) is 1. The number of pyridine rings is 1. The Kier molecular flexibility index (Phi) is 5.29. The number of rotatable bonds is 7. The quantitative estimate of drug-likeness (QED) is 0.504. The molecule has 0 aliphatic heterocycles. The molecule has 3 N–H and O–H groups in total. The van der Waals surface area contributed by atoms with Gasteiger partial charge in [0.05, 0.1) is 6.26 Å². The fourth-order valence-electron chi connectivity index (χ4n) is 2.53. The standard InChI is InChI=1S/C16H17FN4O4S2/c1-26(22,23)20-6-7-21-27(24,25)16-5-2-11(9-19-16)14-10-18-15-8-12(17)3-4-13(14)15/h2-5,8-10,18,20-21H,6-7H2,1H3. The van der Waals surface area contributed by atoms with Gasteiger partial charge in [-0.25, -0.2) is 35.7 Å². The van der Waals surface area contributed by atoms with Gasteiger partial charge in [0.15, 0.2) is 5.03 Å². The zero-order valence-corrected chi connectivity index (χ0v) is 15.9. The summed E-state index contributed by atoms with van der Waals surface area (Å²) < 4.78 is 64.1. The molecule has 27 heavy (non-hydrogen) atoms. The molecule has 0 unspecified atom stereocenters. The Morgan fingerprint density at radius 3 is 2.48 bits per heavy atom. The maximum Gasteiger partial charge on any atom is 0.258 e. The topological polar surface area (TPSA) is 121 Å². The van der Waals surface area contributed by atoms with Crippen LogP contribution >= 0.6 is 0 Å². The van der Waals surface area contributed by atoms with E-state index in [0.717, 1.165) is 17.2 Å². The summed E-state index contributed by atoms with van der Waals surface area (Å²) >= 11 is 0. The van der Waals surface area contributed by atoms with E-state index in [-0.39, 0.29) is 23.9 Å². The summed E-state index contributed by atoms with van der Waals surface area (Å²) in [5.74, 6) is -0.355. The van der Waals surface area contributed by atoms with Crippen molar-refractivity contribution in [1.82, 2.24) is 19.4 Å². The Hall–Kier alpha value is -2.34. The number of nitrogens with one attached hydrogen (secondary N) is 3. The summed E-state index contributed by atoms with van der Waals surface area (Å²) in [4.78, 5) is 6.95. The average Bonchev–Trinajstić information content (AvgIpc) is 3.01. The summed E-state index contributed by atoms with van der Waals surface area (Å²) in [6.45, 7) is -0.172. The highest BCUT2D eigenvalue weighted by molar-refractivity contribution is 7.89. The number of fused-ring (bicyclic) bond motifs is 1. The predicted molar refractivity (Wildman–Crippen MR) is 99.5 cm³/mol. The van der Waals surface area contributed by atoms with E-state index in [0.29, 0.717) is 11.1 Å². The van der Waals surface area contributed by atoms with Crippen molar-refractivity contribution in [1.29, 1.82) is 0 Å². The summed E-state index contributed by atoms with van der Waals surface area (Å²) in [5, 5.41) is 0.607. The van der Waals surface area contributed by atoms with Crippen molar-refractivity contribution in [2.45, 2.75) is 5.03 Å². The van der Waals surface area contributed by atoms with Gasteiger partial charge < -0.3 is 4.98 Å². The molecular weight excluding hydrogens is 395 g/mol. The molecule has 3 aromatic rings. The minimum Gasteiger partial charge on any atom is -0.360 e. The molecule has 0 amide bonds. The molecule has 0 aliphatic rings.